The third-order valence-corrected chi connectivity index (χ3v) is 3.35. The van der Waals surface area contributed by atoms with Crippen molar-refractivity contribution in [1.29, 1.82) is 0 Å². The van der Waals surface area contributed by atoms with Crippen LogP contribution in [0.25, 0.3) is 0 Å². The maximum absolute atomic E-state index is 2.34. The number of hydrogen-bond donors (Lipinski definition) is 0. The highest BCUT2D eigenvalue weighted by molar-refractivity contribution is 7.08. The van der Waals surface area contributed by atoms with Crippen molar-refractivity contribution in [3.8, 4) is 0 Å². The van der Waals surface area contributed by atoms with E-state index in [1.54, 1.807) is 11.1 Å². The normalized spacial score (nSPS) is 11.1. The molecule has 0 saturated carbocycles. The molecule has 1 aromatic rings. The van der Waals surface area contributed by atoms with E-state index < -0.39 is 0 Å². The zero-order valence-corrected chi connectivity index (χ0v) is 10.5. The van der Waals surface area contributed by atoms with Crippen molar-refractivity contribution in [2.24, 2.45) is 5.92 Å². The monoisotopic (exact) mass is 210 g/mol. The number of unbranched alkanes of at least 4 members (excludes halogenated alkanes) is 2. The molecule has 0 nitrogen and oxygen atoms in total. The minimum absolute atomic E-state index is 0.787. The van der Waals surface area contributed by atoms with Crippen molar-refractivity contribution >= 4 is 11.3 Å². The molecular formula is C13H22S. The van der Waals surface area contributed by atoms with Gasteiger partial charge in [0.2, 0.25) is 0 Å². The van der Waals surface area contributed by atoms with Crippen LogP contribution in [0, 0.1) is 5.92 Å². The fourth-order valence-corrected chi connectivity index (χ4v) is 2.67. The Hall–Kier alpha value is -0.300. The first kappa shape index (κ1) is 11.8. The lowest BCUT2D eigenvalue weighted by molar-refractivity contribution is 0.639. The average Bonchev–Trinajstić information content (AvgIpc) is 2.52. The maximum Gasteiger partial charge on any atom is -0.00583 e. The van der Waals surface area contributed by atoms with Gasteiger partial charge in [0.1, 0.15) is 0 Å². The van der Waals surface area contributed by atoms with Gasteiger partial charge < -0.3 is 0 Å². The summed E-state index contributed by atoms with van der Waals surface area (Å²) < 4.78 is 0. The van der Waals surface area contributed by atoms with Gasteiger partial charge in [0.05, 0.1) is 0 Å². The molecule has 0 atom stereocenters. The molecule has 1 heterocycles. The molecule has 0 bridgehead atoms. The number of hydrogen-bond acceptors (Lipinski definition) is 1. The van der Waals surface area contributed by atoms with Crippen LogP contribution in [-0.4, -0.2) is 0 Å². The van der Waals surface area contributed by atoms with Crippen molar-refractivity contribution < 1.29 is 0 Å². The van der Waals surface area contributed by atoms with Crippen LogP contribution in [-0.2, 0) is 12.8 Å². The fraction of sp³-hybridized carbons (Fsp3) is 0.692. The van der Waals surface area contributed by atoms with Gasteiger partial charge in [-0.3, -0.25) is 0 Å². The lowest BCUT2D eigenvalue weighted by Gasteiger charge is -2.06. The van der Waals surface area contributed by atoms with Gasteiger partial charge in [0, 0.05) is 0 Å². The van der Waals surface area contributed by atoms with E-state index in [1.807, 2.05) is 11.3 Å². The van der Waals surface area contributed by atoms with Gasteiger partial charge in [-0.15, -0.1) is 0 Å². The number of rotatable bonds is 6. The SMILES string of the molecule is CCCCCc1cscc1CC(C)C. The van der Waals surface area contributed by atoms with Gasteiger partial charge in [0.15, 0.2) is 0 Å². The van der Waals surface area contributed by atoms with Crippen molar-refractivity contribution in [2.45, 2.75) is 52.9 Å². The van der Waals surface area contributed by atoms with Gasteiger partial charge in [0.25, 0.3) is 0 Å². The molecule has 14 heavy (non-hydrogen) atoms. The summed E-state index contributed by atoms with van der Waals surface area (Å²) in [5.41, 5.74) is 3.21. The van der Waals surface area contributed by atoms with E-state index >= 15 is 0 Å². The maximum atomic E-state index is 2.34. The molecule has 0 aliphatic rings. The summed E-state index contributed by atoms with van der Waals surface area (Å²) in [5.74, 6) is 0.787. The van der Waals surface area contributed by atoms with Crippen LogP contribution in [0.1, 0.15) is 51.2 Å². The minimum Gasteiger partial charge on any atom is -0.152 e. The molecule has 80 valence electrons. The molecule has 0 unspecified atom stereocenters. The van der Waals surface area contributed by atoms with Crippen molar-refractivity contribution in [3.05, 3.63) is 21.9 Å². The Morgan fingerprint density at radius 1 is 1.14 bits per heavy atom. The van der Waals surface area contributed by atoms with Crippen molar-refractivity contribution in [3.63, 3.8) is 0 Å². The summed E-state index contributed by atoms with van der Waals surface area (Å²) >= 11 is 1.87. The van der Waals surface area contributed by atoms with Crippen LogP contribution < -0.4 is 0 Å². The predicted molar refractivity (Wildman–Crippen MR) is 66.1 cm³/mol. The molecule has 0 spiro atoms. The Kier molecular flexibility index (Phi) is 5.24. The average molecular weight is 210 g/mol. The molecule has 0 aliphatic heterocycles. The van der Waals surface area contributed by atoms with Crippen LogP contribution >= 0.6 is 11.3 Å². The number of thiophene rings is 1. The lowest BCUT2D eigenvalue weighted by atomic mass is 9.99. The van der Waals surface area contributed by atoms with Crippen LogP contribution in [0.2, 0.25) is 0 Å². The van der Waals surface area contributed by atoms with Gasteiger partial charge in [-0.25, -0.2) is 0 Å². The Morgan fingerprint density at radius 3 is 2.50 bits per heavy atom. The molecular weight excluding hydrogens is 188 g/mol. The van der Waals surface area contributed by atoms with Crippen molar-refractivity contribution in [1.82, 2.24) is 0 Å². The molecule has 1 heteroatoms. The van der Waals surface area contributed by atoms with Crippen LogP contribution in [0.3, 0.4) is 0 Å². The predicted octanol–water partition coefficient (Wildman–Crippen LogP) is 4.68. The van der Waals surface area contributed by atoms with Gasteiger partial charge in [-0.05, 0) is 47.1 Å². The first-order valence-corrected chi connectivity index (χ1v) is 6.72. The van der Waals surface area contributed by atoms with Gasteiger partial charge in [-0.2, -0.15) is 11.3 Å². The van der Waals surface area contributed by atoms with Crippen LogP contribution in [0.5, 0.6) is 0 Å². The molecule has 1 rings (SSSR count). The molecule has 0 saturated heterocycles. The summed E-state index contributed by atoms with van der Waals surface area (Å²) in [5, 5.41) is 4.68. The summed E-state index contributed by atoms with van der Waals surface area (Å²) in [6.45, 7) is 6.86. The second kappa shape index (κ2) is 6.23. The molecule has 1 aromatic heterocycles. The van der Waals surface area contributed by atoms with E-state index in [9.17, 15) is 0 Å². The molecule has 0 radical (unpaired) electrons. The Morgan fingerprint density at radius 2 is 1.86 bits per heavy atom. The van der Waals surface area contributed by atoms with Gasteiger partial charge >= 0.3 is 0 Å². The molecule has 0 aliphatic carbocycles. The van der Waals surface area contributed by atoms with Crippen molar-refractivity contribution in [2.75, 3.05) is 0 Å². The largest absolute Gasteiger partial charge is 0.152 e. The molecule has 0 aromatic carbocycles. The first-order valence-electron chi connectivity index (χ1n) is 5.78. The topological polar surface area (TPSA) is 0 Å². The van der Waals surface area contributed by atoms with E-state index in [4.69, 9.17) is 0 Å². The van der Waals surface area contributed by atoms with E-state index in [-0.39, 0.29) is 0 Å². The minimum atomic E-state index is 0.787. The zero-order valence-electron chi connectivity index (χ0n) is 9.68. The Balaban J connectivity index is 2.45. The van der Waals surface area contributed by atoms with E-state index in [2.05, 4.69) is 31.5 Å². The third-order valence-electron chi connectivity index (χ3n) is 2.51. The number of aryl methyl sites for hydroxylation is 1. The van der Waals surface area contributed by atoms with E-state index in [0.29, 0.717) is 0 Å². The second-order valence-corrected chi connectivity index (χ2v) is 5.22. The van der Waals surface area contributed by atoms with E-state index in [1.165, 1.54) is 32.1 Å². The highest BCUT2D eigenvalue weighted by atomic mass is 32.1. The summed E-state index contributed by atoms with van der Waals surface area (Å²) in [7, 11) is 0. The van der Waals surface area contributed by atoms with Crippen LogP contribution in [0.4, 0.5) is 0 Å². The van der Waals surface area contributed by atoms with Gasteiger partial charge in [-0.1, -0.05) is 33.6 Å². The second-order valence-electron chi connectivity index (χ2n) is 4.48. The molecule has 0 N–H and O–H groups in total. The summed E-state index contributed by atoms with van der Waals surface area (Å²) in [6, 6.07) is 0. The lowest BCUT2D eigenvalue weighted by Crippen LogP contribution is -1.96. The Bertz CT molecular complexity index is 247. The van der Waals surface area contributed by atoms with Crippen LogP contribution in [0.15, 0.2) is 10.8 Å². The molecule has 0 amide bonds. The quantitative estimate of drug-likeness (QED) is 0.598. The smallest absolute Gasteiger partial charge is 0.00583 e. The molecule has 0 fully saturated rings. The zero-order chi connectivity index (χ0) is 10.4. The first-order chi connectivity index (χ1) is 6.74. The van der Waals surface area contributed by atoms with E-state index in [0.717, 1.165) is 5.92 Å². The summed E-state index contributed by atoms with van der Waals surface area (Å²) in [6.07, 6.45) is 6.60. The Labute approximate surface area is 92.4 Å². The highest BCUT2D eigenvalue weighted by Crippen LogP contribution is 2.20. The fourth-order valence-electron chi connectivity index (χ4n) is 1.75. The standard InChI is InChI=1S/C13H22S/c1-4-5-6-7-12-9-14-10-13(12)8-11(2)3/h9-11H,4-8H2,1-3H3. The third kappa shape index (κ3) is 3.83. The summed E-state index contributed by atoms with van der Waals surface area (Å²) in [4.78, 5) is 0. The highest BCUT2D eigenvalue weighted by Gasteiger charge is 2.05.